The van der Waals surface area contributed by atoms with Crippen molar-refractivity contribution in [2.24, 2.45) is 5.41 Å². The second-order valence-electron chi connectivity index (χ2n) is 3.60. The predicted octanol–water partition coefficient (Wildman–Crippen LogP) is 1.22. The standard InChI is InChI=1S/C8H15NOS/c1-8(3-2-4-8)6-9-7(10)5-11/h11H,2-6H2,1H3,(H,9,10). The Labute approximate surface area is 73.2 Å². The highest BCUT2D eigenvalue weighted by atomic mass is 32.1. The number of carbonyl (C=O) groups excluding carboxylic acids is 1. The van der Waals surface area contributed by atoms with Crippen molar-refractivity contribution in [2.75, 3.05) is 12.3 Å². The minimum atomic E-state index is 0.0430. The second kappa shape index (κ2) is 3.48. The van der Waals surface area contributed by atoms with Gasteiger partial charge >= 0.3 is 0 Å². The van der Waals surface area contributed by atoms with Crippen LogP contribution in [0.5, 0.6) is 0 Å². The SMILES string of the molecule is CC1(CNC(=O)CS)CCC1. The van der Waals surface area contributed by atoms with Crippen LogP contribution in [-0.2, 0) is 4.79 Å². The van der Waals surface area contributed by atoms with Crippen LogP contribution in [0.15, 0.2) is 0 Å². The maximum absolute atomic E-state index is 10.8. The molecule has 3 heteroatoms. The fourth-order valence-corrected chi connectivity index (χ4v) is 1.44. The topological polar surface area (TPSA) is 29.1 Å². The molecule has 0 atom stereocenters. The van der Waals surface area contributed by atoms with Gasteiger partial charge in [-0.3, -0.25) is 4.79 Å². The average molecular weight is 173 g/mol. The molecule has 0 heterocycles. The lowest BCUT2D eigenvalue weighted by atomic mass is 9.70. The first-order valence-electron chi connectivity index (χ1n) is 4.04. The lowest BCUT2D eigenvalue weighted by Crippen LogP contribution is -2.40. The second-order valence-corrected chi connectivity index (χ2v) is 3.92. The third-order valence-corrected chi connectivity index (χ3v) is 2.70. The third kappa shape index (κ3) is 2.40. The normalized spacial score (nSPS) is 20.5. The first-order valence-corrected chi connectivity index (χ1v) is 4.67. The van der Waals surface area contributed by atoms with E-state index in [2.05, 4.69) is 24.9 Å². The van der Waals surface area contributed by atoms with Crippen molar-refractivity contribution in [1.82, 2.24) is 5.32 Å². The Morgan fingerprint density at radius 1 is 1.64 bits per heavy atom. The molecule has 1 saturated carbocycles. The fourth-order valence-electron chi connectivity index (χ4n) is 1.32. The van der Waals surface area contributed by atoms with E-state index in [1.165, 1.54) is 19.3 Å². The summed E-state index contributed by atoms with van der Waals surface area (Å²) in [6.07, 6.45) is 3.81. The molecule has 1 aliphatic carbocycles. The van der Waals surface area contributed by atoms with Gasteiger partial charge in [-0.2, -0.15) is 12.6 Å². The van der Waals surface area contributed by atoms with Crippen molar-refractivity contribution in [3.8, 4) is 0 Å². The molecule has 0 unspecified atom stereocenters. The molecular formula is C8H15NOS. The number of carbonyl (C=O) groups is 1. The smallest absolute Gasteiger partial charge is 0.229 e. The number of nitrogens with one attached hydrogen (secondary N) is 1. The van der Waals surface area contributed by atoms with Crippen LogP contribution in [0.3, 0.4) is 0 Å². The highest BCUT2D eigenvalue weighted by molar-refractivity contribution is 7.81. The molecule has 0 aromatic carbocycles. The quantitative estimate of drug-likeness (QED) is 0.617. The number of rotatable bonds is 3. The molecule has 1 aliphatic rings. The monoisotopic (exact) mass is 173 g/mol. The van der Waals surface area contributed by atoms with E-state index in [1.54, 1.807) is 0 Å². The van der Waals surface area contributed by atoms with E-state index in [4.69, 9.17) is 0 Å². The highest BCUT2D eigenvalue weighted by Crippen LogP contribution is 2.39. The Kier molecular flexibility index (Phi) is 2.82. The third-order valence-electron chi connectivity index (χ3n) is 2.42. The van der Waals surface area contributed by atoms with Gasteiger partial charge < -0.3 is 5.32 Å². The number of thiol groups is 1. The van der Waals surface area contributed by atoms with Crippen LogP contribution in [0.1, 0.15) is 26.2 Å². The first-order chi connectivity index (χ1) is 5.16. The molecule has 11 heavy (non-hydrogen) atoms. The summed E-state index contributed by atoms with van der Waals surface area (Å²) in [4.78, 5) is 10.8. The van der Waals surface area contributed by atoms with E-state index < -0.39 is 0 Å². The summed E-state index contributed by atoms with van der Waals surface area (Å²) in [6, 6.07) is 0. The highest BCUT2D eigenvalue weighted by Gasteiger charge is 2.31. The van der Waals surface area contributed by atoms with Gasteiger partial charge in [-0.05, 0) is 18.3 Å². The van der Waals surface area contributed by atoms with Crippen LogP contribution < -0.4 is 5.32 Å². The van der Waals surface area contributed by atoms with Gasteiger partial charge in [0.1, 0.15) is 0 Å². The summed E-state index contributed by atoms with van der Waals surface area (Å²) >= 11 is 3.88. The van der Waals surface area contributed by atoms with E-state index in [0.29, 0.717) is 11.2 Å². The van der Waals surface area contributed by atoms with Crippen LogP contribution >= 0.6 is 12.6 Å². The molecule has 1 N–H and O–H groups in total. The lowest BCUT2D eigenvalue weighted by molar-refractivity contribution is -0.119. The maximum Gasteiger partial charge on any atom is 0.229 e. The summed E-state index contributed by atoms with van der Waals surface area (Å²) in [5.41, 5.74) is 0.388. The van der Waals surface area contributed by atoms with Gasteiger partial charge in [0.2, 0.25) is 5.91 Å². The summed E-state index contributed by atoms with van der Waals surface area (Å²) in [5.74, 6) is 0.345. The van der Waals surface area contributed by atoms with Crippen molar-refractivity contribution < 1.29 is 4.79 Å². The lowest BCUT2D eigenvalue weighted by Gasteiger charge is -2.38. The van der Waals surface area contributed by atoms with Gasteiger partial charge in [-0.15, -0.1) is 0 Å². The molecule has 0 radical (unpaired) electrons. The van der Waals surface area contributed by atoms with Gasteiger partial charge in [0, 0.05) is 6.54 Å². The van der Waals surface area contributed by atoms with Crippen molar-refractivity contribution in [2.45, 2.75) is 26.2 Å². The fraction of sp³-hybridized carbons (Fsp3) is 0.875. The summed E-state index contributed by atoms with van der Waals surface area (Å²) in [6.45, 7) is 3.04. The Morgan fingerprint density at radius 2 is 2.27 bits per heavy atom. The van der Waals surface area contributed by atoms with Crippen molar-refractivity contribution in [1.29, 1.82) is 0 Å². The van der Waals surface area contributed by atoms with E-state index in [1.807, 2.05) is 0 Å². The van der Waals surface area contributed by atoms with E-state index in [-0.39, 0.29) is 5.91 Å². The molecule has 0 aromatic heterocycles. The van der Waals surface area contributed by atoms with E-state index in [0.717, 1.165) is 6.54 Å². The largest absolute Gasteiger partial charge is 0.355 e. The van der Waals surface area contributed by atoms with Gasteiger partial charge in [0.15, 0.2) is 0 Å². The molecule has 1 amide bonds. The van der Waals surface area contributed by atoms with Gasteiger partial charge in [0.05, 0.1) is 5.75 Å². The van der Waals surface area contributed by atoms with Crippen LogP contribution in [-0.4, -0.2) is 18.2 Å². The molecule has 2 nitrogen and oxygen atoms in total. The molecule has 0 aliphatic heterocycles. The van der Waals surface area contributed by atoms with Gasteiger partial charge in [0.25, 0.3) is 0 Å². The van der Waals surface area contributed by atoms with E-state index in [9.17, 15) is 4.79 Å². The van der Waals surface area contributed by atoms with Crippen LogP contribution in [0, 0.1) is 5.41 Å². The zero-order valence-electron chi connectivity index (χ0n) is 6.89. The molecule has 0 saturated heterocycles. The molecule has 1 rings (SSSR count). The summed E-state index contributed by atoms with van der Waals surface area (Å²) in [7, 11) is 0. The Morgan fingerprint density at radius 3 is 2.64 bits per heavy atom. The van der Waals surface area contributed by atoms with Crippen LogP contribution in [0.25, 0.3) is 0 Å². The number of amides is 1. The van der Waals surface area contributed by atoms with Crippen molar-refractivity contribution in [3.05, 3.63) is 0 Å². The zero-order chi connectivity index (χ0) is 8.32. The Hall–Kier alpha value is -0.180. The molecule has 0 bridgehead atoms. The molecule has 64 valence electrons. The van der Waals surface area contributed by atoms with Crippen LogP contribution in [0.4, 0.5) is 0 Å². The Bertz CT molecular complexity index is 154. The predicted molar refractivity (Wildman–Crippen MR) is 48.8 cm³/mol. The molecule has 0 aromatic rings. The number of hydrogen-bond acceptors (Lipinski definition) is 2. The van der Waals surface area contributed by atoms with E-state index >= 15 is 0 Å². The summed E-state index contributed by atoms with van der Waals surface area (Å²) < 4.78 is 0. The van der Waals surface area contributed by atoms with Gasteiger partial charge in [-0.1, -0.05) is 13.3 Å². The average Bonchev–Trinajstić information content (AvgIpc) is 1.96. The zero-order valence-corrected chi connectivity index (χ0v) is 7.79. The minimum absolute atomic E-state index is 0.0430. The van der Waals surface area contributed by atoms with Crippen LogP contribution in [0.2, 0.25) is 0 Å². The number of hydrogen-bond donors (Lipinski definition) is 2. The summed E-state index contributed by atoms with van der Waals surface area (Å²) in [5, 5.41) is 2.86. The molecular weight excluding hydrogens is 158 g/mol. The first kappa shape index (κ1) is 8.91. The minimum Gasteiger partial charge on any atom is -0.355 e. The van der Waals surface area contributed by atoms with Crippen molar-refractivity contribution in [3.63, 3.8) is 0 Å². The molecule has 1 fully saturated rings. The maximum atomic E-state index is 10.8. The van der Waals surface area contributed by atoms with Gasteiger partial charge in [-0.25, -0.2) is 0 Å². The van der Waals surface area contributed by atoms with Crippen molar-refractivity contribution >= 4 is 18.5 Å². The molecule has 0 spiro atoms. The Balaban J connectivity index is 2.16.